The molecule has 100 valence electrons. The molecule has 0 aliphatic carbocycles. The normalized spacial score (nSPS) is 20.8. The Balaban J connectivity index is 1.83. The molecule has 1 aliphatic heterocycles. The topological polar surface area (TPSA) is 71.1 Å². The summed E-state index contributed by atoms with van der Waals surface area (Å²) >= 11 is 0. The summed E-state index contributed by atoms with van der Waals surface area (Å²) in [5, 5.41) is 3.31. The molecule has 1 aromatic rings. The summed E-state index contributed by atoms with van der Waals surface area (Å²) in [6.07, 6.45) is 4.98. The van der Waals surface area contributed by atoms with Crippen molar-refractivity contribution in [1.82, 2.24) is 15.0 Å². The van der Waals surface area contributed by atoms with Gasteiger partial charge in [-0.25, -0.2) is 13.1 Å². The van der Waals surface area contributed by atoms with Crippen LogP contribution in [-0.2, 0) is 15.8 Å². The molecule has 0 unspecified atom stereocenters. The number of nitrogens with zero attached hydrogens (tertiary/aromatic N) is 1. The second-order valence-corrected chi connectivity index (χ2v) is 6.38. The molecule has 0 amide bonds. The first kappa shape index (κ1) is 13.5. The number of piperidine rings is 1. The quantitative estimate of drug-likeness (QED) is 0.823. The Morgan fingerprint density at radius 1 is 1.39 bits per heavy atom. The van der Waals surface area contributed by atoms with Crippen LogP contribution in [0.1, 0.15) is 25.0 Å². The summed E-state index contributed by atoms with van der Waals surface area (Å²) in [6.45, 7) is 1.45. The maximum Gasteiger partial charge on any atom is 0.217 e. The minimum atomic E-state index is -3.29. The van der Waals surface area contributed by atoms with E-state index < -0.39 is 10.0 Å². The van der Waals surface area contributed by atoms with E-state index >= 15 is 0 Å². The third-order valence-electron chi connectivity index (χ3n) is 3.03. The van der Waals surface area contributed by atoms with E-state index in [0.29, 0.717) is 12.2 Å². The highest BCUT2D eigenvalue weighted by Crippen LogP contribution is 2.07. The predicted octanol–water partition coefficient (Wildman–Crippen LogP) is 0.643. The summed E-state index contributed by atoms with van der Waals surface area (Å²) in [5.74, 6) is -0.0550. The van der Waals surface area contributed by atoms with Crippen molar-refractivity contribution in [1.29, 1.82) is 0 Å². The van der Waals surface area contributed by atoms with Gasteiger partial charge in [-0.15, -0.1) is 0 Å². The van der Waals surface area contributed by atoms with Crippen molar-refractivity contribution in [2.45, 2.75) is 31.1 Å². The number of sulfonamides is 1. The third kappa shape index (κ3) is 4.36. The zero-order chi connectivity index (χ0) is 12.8. The largest absolute Gasteiger partial charge is 0.313 e. The molecule has 1 atom stereocenters. The van der Waals surface area contributed by atoms with Crippen molar-refractivity contribution in [2.24, 2.45) is 0 Å². The molecular weight excluding hydrogens is 250 g/mol. The highest BCUT2D eigenvalue weighted by Gasteiger charge is 2.17. The van der Waals surface area contributed by atoms with Crippen LogP contribution in [0, 0.1) is 0 Å². The van der Waals surface area contributed by atoms with Gasteiger partial charge in [0, 0.05) is 18.8 Å². The van der Waals surface area contributed by atoms with Gasteiger partial charge in [-0.1, -0.05) is 12.5 Å². The van der Waals surface area contributed by atoms with E-state index in [0.717, 1.165) is 13.0 Å². The van der Waals surface area contributed by atoms with E-state index in [1.807, 2.05) is 0 Å². The van der Waals surface area contributed by atoms with E-state index in [1.165, 1.54) is 12.8 Å². The number of pyridine rings is 1. The van der Waals surface area contributed by atoms with Crippen molar-refractivity contribution in [3.63, 3.8) is 0 Å². The zero-order valence-electron chi connectivity index (χ0n) is 10.3. The van der Waals surface area contributed by atoms with Crippen LogP contribution in [-0.4, -0.2) is 32.5 Å². The molecular formula is C12H19N3O2S. The zero-order valence-corrected chi connectivity index (χ0v) is 11.1. The number of rotatable bonds is 5. The molecule has 18 heavy (non-hydrogen) atoms. The Morgan fingerprint density at radius 2 is 2.28 bits per heavy atom. The number of nitrogens with one attached hydrogen (secondary N) is 2. The lowest BCUT2D eigenvalue weighted by atomic mass is 10.1. The smallest absolute Gasteiger partial charge is 0.217 e. The Morgan fingerprint density at radius 3 is 2.94 bits per heavy atom. The van der Waals surface area contributed by atoms with Gasteiger partial charge in [-0.05, 0) is 31.5 Å². The second-order valence-electron chi connectivity index (χ2n) is 4.58. The average molecular weight is 269 g/mol. The minimum Gasteiger partial charge on any atom is -0.313 e. The number of aromatic nitrogens is 1. The van der Waals surface area contributed by atoms with E-state index in [1.54, 1.807) is 24.4 Å². The highest BCUT2D eigenvalue weighted by atomic mass is 32.2. The van der Waals surface area contributed by atoms with Gasteiger partial charge in [-0.2, -0.15) is 0 Å². The molecule has 6 heteroatoms. The van der Waals surface area contributed by atoms with E-state index in [-0.39, 0.29) is 11.8 Å². The molecule has 0 aromatic carbocycles. The van der Waals surface area contributed by atoms with Gasteiger partial charge in [0.1, 0.15) is 5.75 Å². The molecule has 1 aromatic heterocycles. The molecule has 1 fully saturated rings. The first-order valence-electron chi connectivity index (χ1n) is 6.26. The molecule has 5 nitrogen and oxygen atoms in total. The van der Waals surface area contributed by atoms with Gasteiger partial charge < -0.3 is 5.32 Å². The number of hydrogen-bond donors (Lipinski definition) is 2. The summed E-state index contributed by atoms with van der Waals surface area (Å²) in [7, 11) is -3.29. The second kappa shape index (κ2) is 6.26. The Kier molecular flexibility index (Phi) is 4.68. The van der Waals surface area contributed by atoms with Crippen LogP contribution < -0.4 is 10.0 Å². The van der Waals surface area contributed by atoms with Gasteiger partial charge in [-0.3, -0.25) is 4.98 Å². The molecule has 2 heterocycles. The van der Waals surface area contributed by atoms with Gasteiger partial charge in [0.2, 0.25) is 10.0 Å². The van der Waals surface area contributed by atoms with Crippen LogP contribution >= 0.6 is 0 Å². The summed E-state index contributed by atoms with van der Waals surface area (Å²) in [5.41, 5.74) is 0.571. The van der Waals surface area contributed by atoms with Crippen LogP contribution in [0.2, 0.25) is 0 Å². The van der Waals surface area contributed by atoms with Crippen LogP contribution in [0.15, 0.2) is 24.4 Å². The van der Waals surface area contributed by atoms with Crippen LogP contribution in [0.5, 0.6) is 0 Å². The first-order chi connectivity index (χ1) is 8.66. The van der Waals surface area contributed by atoms with Crippen molar-refractivity contribution >= 4 is 10.0 Å². The maximum atomic E-state index is 11.9. The Hall–Kier alpha value is -0.980. The fourth-order valence-electron chi connectivity index (χ4n) is 2.05. The molecule has 1 aliphatic rings. The lowest BCUT2D eigenvalue weighted by Gasteiger charge is -2.23. The molecule has 0 radical (unpaired) electrons. The summed E-state index contributed by atoms with van der Waals surface area (Å²) in [6, 6.07) is 5.55. The average Bonchev–Trinajstić information content (AvgIpc) is 2.38. The monoisotopic (exact) mass is 269 g/mol. The lowest BCUT2D eigenvalue weighted by Crippen LogP contribution is -2.43. The van der Waals surface area contributed by atoms with Gasteiger partial charge in [0.25, 0.3) is 0 Å². The standard InChI is InChI=1S/C12H19N3O2S/c16-18(17,10-12-6-2-4-8-14-12)15-9-11-5-1-3-7-13-11/h2,4,6,8,11,13,15H,1,3,5,7,9-10H2/t11-/m0/s1. The summed E-state index contributed by atoms with van der Waals surface area (Å²) in [4.78, 5) is 4.02. The highest BCUT2D eigenvalue weighted by molar-refractivity contribution is 7.88. The first-order valence-corrected chi connectivity index (χ1v) is 7.91. The lowest BCUT2D eigenvalue weighted by molar-refractivity contribution is 0.398. The summed E-state index contributed by atoms with van der Waals surface area (Å²) < 4.78 is 26.4. The fraction of sp³-hybridized carbons (Fsp3) is 0.583. The van der Waals surface area contributed by atoms with E-state index in [9.17, 15) is 8.42 Å². The fourth-order valence-corrected chi connectivity index (χ4v) is 3.17. The van der Waals surface area contributed by atoms with Gasteiger partial charge in [0.05, 0.1) is 5.69 Å². The molecule has 0 spiro atoms. The van der Waals surface area contributed by atoms with Gasteiger partial charge in [0.15, 0.2) is 0 Å². The van der Waals surface area contributed by atoms with Gasteiger partial charge >= 0.3 is 0 Å². The molecule has 2 rings (SSSR count). The molecule has 2 N–H and O–H groups in total. The van der Waals surface area contributed by atoms with Crippen molar-refractivity contribution in [2.75, 3.05) is 13.1 Å². The Labute approximate surface area is 108 Å². The van der Waals surface area contributed by atoms with Crippen LogP contribution in [0.4, 0.5) is 0 Å². The van der Waals surface area contributed by atoms with Crippen molar-refractivity contribution < 1.29 is 8.42 Å². The van der Waals surface area contributed by atoms with Crippen LogP contribution in [0.25, 0.3) is 0 Å². The SMILES string of the molecule is O=S(=O)(Cc1ccccn1)NC[C@@H]1CCCCN1. The maximum absolute atomic E-state index is 11.9. The molecule has 0 saturated carbocycles. The minimum absolute atomic E-state index is 0.0550. The van der Waals surface area contributed by atoms with Crippen molar-refractivity contribution in [3.05, 3.63) is 30.1 Å². The van der Waals surface area contributed by atoms with E-state index in [2.05, 4.69) is 15.0 Å². The number of hydrogen-bond acceptors (Lipinski definition) is 4. The molecule has 0 bridgehead atoms. The molecule has 1 saturated heterocycles. The Bertz CT molecular complexity index is 455. The van der Waals surface area contributed by atoms with E-state index in [4.69, 9.17) is 0 Å². The predicted molar refractivity (Wildman–Crippen MR) is 70.5 cm³/mol. The third-order valence-corrected chi connectivity index (χ3v) is 4.31. The van der Waals surface area contributed by atoms with Crippen molar-refractivity contribution in [3.8, 4) is 0 Å². The van der Waals surface area contributed by atoms with Crippen LogP contribution in [0.3, 0.4) is 0 Å².